The molecule has 0 saturated heterocycles. The molecule has 2 N–H and O–H groups in total. The molecule has 0 saturated carbocycles. The van der Waals surface area contributed by atoms with Gasteiger partial charge in [-0.25, -0.2) is 4.98 Å². The Hall–Kier alpha value is -1.87. The number of nitrogen functional groups attached to an aromatic ring is 1. The highest BCUT2D eigenvalue weighted by atomic mass is 32.1. The zero-order valence-electron chi connectivity index (χ0n) is 10.4. The van der Waals surface area contributed by atoms with Gasteiger partial charge in [0.1, 0.15) is 5.01 Å². The molecule has 3 heteroatoms. The Balaban J connectivity index is 2.19. The summed E-state index contributed by atoms with van der Waals surface area (Å²) in [6.45, 7) is 4.23. The monoisotopic (exact) mass is 254 g/mol. The predicted molar refractivity (Wildman–Crippen MR) is 78.9 cm³/mol. The normalized spacial score (nSPS) is 11.0. The summed E-state index contributed by atoms with van der Waals surface area (Å²) in [6, 6.07) is 12.4. The molecule has 3 rings (SSSR count). The van der Waals surface area contributed by atoms with Crippen LogP contribution in [-0.2, 0) is 0 Å². The number of anilines is 1. The van der Waals surface area contributed by atoms with Crippen molar-refractivity contribution in [2.45, 2.75) is 13.8 Å². The second kappa shape index (κ2) is 4.10. The van der Waals surface area contributed by atoms with Gasteiger partial charge in [-0.05, 0) is 44.2 Å². The minimum absolute atomic E-state index is 0.790. The molecule has 0 spiro atoms. The van der Waals surface area contributed by atoms with Crippen LogP contribution in [0.5, 0.6) is 0 Å². The van der Waals surface area contributed by atoms with Crippen molar-refractivity contribution >= 4 is 27.2 Å². The molecule has 2 aromatic carbocycles. The average Bonchev–Trinajstić information content (AvgIpc) is 2.70. The van der Waals surface area contributed by atoms with E-state index in [0.29, 0.717) is 0 Å². The van der Waals surface area contributed by atoms with Gasteiger partial charge in [-0.15, -0.1) is 11.3 Å². The van der Waals surface area contributed by atoms with Crippen molar-refractivity contribution in [2.24, 2.45) is 0 Å². The van der Waals surface area contributed by atoms with Gasteiger partial charge in [0.05, 0.1) is 10.2 Å². The minimum Gasteiger partial charge on any atom is -0.399 e. The van der Waals surface area contributed by atoms with Crippen LogP contribution < -0.4 is 5.73 Å². The lowest BCUT2D eigenvalue weighted by Gasteiger charge is -2.00. The molecule has 0 bridgehead atoms. The lowest BCUT2D eigenvalue weighted by molar-refractivity contribution is 1.37. The van der Waals surface area contributed by atoms with Crippen LogP contribution in [0.15, 0.2) is 36.4 Å². The van der Waals surface area contributed by atoms with E-state index in [2.05, 4.69) is 37.0 Å². The van der Waals surface area contributed by atoms with Crippen molar-refractivity contribution in [1.82, 2.24) is 4.98 Å². The molecule has 0 fully saturated rings. The van der Waals surface area contributed by atoms with E-state index >= 15 is 0 Å². The van der Waals surface area contributed by atoms with Gasteiger partial charge in [-0.2, -0.15) is 0 Å². The third-order valence-corrected chi connectivity index (χ3v) is 3.95. The fourth-order valence-corrected chi connectivity index (χ4v) is 3.16. The third kappa shape index (κ3) is 1.97. The van der Waals surface area contributed by atoms with Gasteiger partial charge in [0.2, 0.25) is 0 Å². The number of hydrogen-bond donors (Lipinski definition) is 1. The Kier molecular flexibility index (Phi) is 2.56. The smallest absolute Gasteiger partial charge is 0.124 e. The zero-order valence-corrected chi connectivity index (χ0v) is 11.2. The standard InChI is InChI=1S/C15H14N2S/c1-9-5-10(2)7-11(6-9)15-17-13-4-3-12(16)8-14(13)18-15/h3-8H,16H2,1-2H3. The molecule has 0 radical (unpaired) electrons. The minimum atomic E-state index is 0.790. The van der Waals surface area contributed by atoms with E-state index in [1.807, 2.05) is 18.2 Å². The first-order valence-corrected chi connectivity index (χ1v) is 6.68. The van der Waals surface area contributed by atoms with E-state index in [0.717, 1.165) is 20.9 Å². The number of aryl methyl sites for hydroxylation is 2. The van der Waals surface area contributed by atoms with Crippen molar-refractivity contribution < 1.29 is 0 Å². The SMILES string of the molecule is Cc1cc(C)cc(-c2nc3ccc(N)cc3s2)c1. The maximum atomic E-state index is 5.80. The summed E-state index contributed by atoms with van der Waals surface area (Å²) in [7, 11) is 0. The van der Waals surface area contributed by atoms with Crippen molar-refractivity contribution in [2.75, 3.05) is 5.73 Å². The van der Waals surface area contributed by atoms with Gasteiger partial charge in [0.25, 0.3) is 0 Å². The van der Waals surface area contributed by atoms with E-state index in [1.54, 1.807) is 11.3 Å². The van der Waals surface area contributed by atoms with Gasteiger partial charge >= 0.3 is 0 Å². The Morgan fingerprint density at radius 3 is 2.44 bits per heavy atom. The van der Waals surface area contributed by atoms with Gasteiger partial charge in [-0.3, -0.25) is 0 Å². The number of hydrogen-bond acceptors (Lipinski definition) is 3. The summed E-state index contributed by atoms with van der Waals surface area (Å²) in [5.74, 6) is 0. The van der Waals surface area contributed by atoms with Crippen LogP contribution in [-0.4, -0.2) is 4.98 Å². The molecule has 90 valence electrons. The summed E-state index contributed by atoms with van der Waals surface area (Å²) in [5.41, 5.74) is 11.3. The predicted octanol–water partition coefficient (Wildman–Crippen LogP) is 4.16. The molecule has 1 heterocycles. The third-order valence-electron chi connectivity index (χ3n) is 2.88. The molecule has 0 unspecified atom stereocenters. The Morgan fingerprint density at radius 2 is 1.72 bits per heavy atom. The average molecular weight is 254 g/mol. The number of fused-ring (bicyclic) bond motifs is 1. The lowest BCUT2D eigenvalue weighted by Crippen LogP contribution is -1.82. The number of benzene rings is 2. The Morgan fingerprint density at radius 1 is 1.00 bits per heavy atom. The van der Waals surface area contributed by atoms with Gasteiger partial charge in [-0.1, -0.05) is 17.2 Å². The molecule has 0 amide bonds. The topological polar surface area (TPSA) is 38.9 Å². The van der Waals surface area contributed by atoms with E-state index in [-0.39, 0.29) is 0 Å². The second-order valence-electron chi connectivity index (χ2n) is 4.62. The fraction of sp³-hybridized carbons (Fsp3) is 0.133. The quantitative estimate of drug-likeness (QED) is 0.662. The van der Waals surface area contributed by atoms with Gasteiger partial charge in [0.15, 0.2) is 0 Å². The van der Waals surface area contributed by atoms with Crippen molar-refractivity contribution in [3.05, 3.63) is 47.5 Å². The highest BCUT2D eigenvalue weighted by Crippen LogP contribution is 2.32. The molecule has 3 aromatic rings. The van der Waals surface area contributed by atoms with Crippen molar-refractivity contribution in [1.29, 1.82) is 0 Å². The van der Waals surface area contributed by atoms with Crippen LogP contribution in [0.25, 0.3) is 20.8 Å². The number of nitrogens with zero attached hydrogens (tertiary/aromatic N) is 1. The largest absolute Gasteiger partial charge is 0.399 e. The zero-order chi connectivity index (χ0) is 12.7. The summed E-state index contributed by atoms with van der Waals surface area (Å²) in [5, 5.41) is 1.06. The summed E-state index contributed by atoms with van der Waals surface area (Å²) in [6.07, 6.45) is 0. The highest BCUT2D eigenvalue weighted by molar-refractivity contribution is 7.21. The second-order valence-corrected chi connectivity index (χ2v) is 5.65. The summed E-state index contributed by atoms with van der Waals surface area (Å²) in [4.78, 5) is 4.67. The summed E-state index contributed by atoms with van der Waals surface area (Å²) < 4.78 is 1.14. The molecular formula is C15H14N2S. The molecule has 1 aromatic heterocycles. The van der Waals surface area contributed by atoms with Crippen LogP contribution >= 0.6 is 11.3 Å². The number of rotatable bonds is 1. The van der Waals surface area contributed by atoms with Crippen LogP contribution in [0.1, 0.15) is 11.1 Å². The van der Waals surface area contributed by atoms with Crippen molar-refractivity contribution in [3.63, 3.8) is 0 Å². The van der Waals surface area contributed by atoms with E-state index in [9.17, 15) is 0 Å². The first kappa shape index (κ1) is 11.2. The van der Waals surface area contributed by atoms with E-state index in [4.69, 9.17) is 5.73 Å². The lowest BCUT2D eigenvalue weighted by atomic mass is 10.1. The first-order chi connectivity index (χ1) is 8.61. The van der Waals surface area contributed by atoms with Crippen LogP contribution in [0.3, 0.4) is 0 Å². The number of nitrogens with two attached hydrogens (primary N) is 1. The summed E-state index contributed by atoms with van der Waals surface area (Å²) >= 11 is 1.69. The maximum absolute atomic E-state index is 5.80. The molecule has 0 aliphatic heterocycles. The molecule has 0 atom stereocenters. The van der Waals surface area contributed by atoms with Crippen LogP contribution in [0, 0.1) is 13.8 Å². The fourth-order valence-electron chi connectivity index (χ4n) is 2.16. The first-order valence-electron chi connectivity index (χ1n) is 5.86. The van der Waals surface area contributed by atoms with Crippen LogP contribution in [0.2, 0.25) is 0 Å². The number of aromatic nitrogens is 1. The van der Waals surface area contributed by atoms with E-state index in [1.165, 1.54) is 16.7 Å². The van der Waals surface area contributed by atoms with Crippen LogP contribution in [0.4, 0.5) is 5.69 Å². The number of thiazole rings is 1. The Labute approximate surface area is 110 Å². The van der Waals surface area contributed by atoms with Gasteiger partial charge < -0.3 is 5.73 Å². The highest BCUT2D eigenvalue weighted by Gasteiger charge is 2.07. The van der Waals surface area contributed by atoms with E-state index < -0.39 is 0 Å². The molecule has 18 heavy (non-hydrogen) atoms. The Bertz CT molecular complexity index is 708. The molecule has 0 aliphatic rings. The molecule has 0 aliphatic carbocycles. The maximum Gasteiger partial charge on any atom is 0.124 e. The van der Waals surface area contributed by atoms with Gasteiger partial charge in [0, 0.05) is 11.3 Å². The van der Waals surface area contributed by atoms with Crippen molar-refractivity contribution in [3.8, 4) is 10.6 Å². The molecule has 2 nitrogen and oxygen atoms in total. The molecular weight excluding hydrogens is 240 g/mol.